The Morgan fingerprint density at radius 1 is 1.43 bits per heavy atom. The van der Waals surface area contributed by atoms with E-state index < -0.39 is 0 Å². The summed E-state index contributed by atoms with van der Waals surface area (Å²) in [4.78, 5) is 11.1. The first-order valence-electron chi connectivity index (χ1n) is 5.07. The topological polar surface area (TPSA) is 38.3 Å². The van der Waals surface area contributed by atoms with Gasteiger partial charge >= 0.3 is 5.97 Å². The minimum atomic E-state index is -0.0439. The summed E-state index contributed by atoms with van der Waals surface area (Å²) in [5.41, 5.74) is 0. The van der Waals surface area contributed by atoms with Crippen LogP contribution >= 0.6 is 12.4 Å². The number of hydrogen-bond donors (Lipinski definition) is 1. The molecule has 0 aromatic carbocycles. The maximum absolute atomic E-state index is 11.1. The lowest BCUT2D eigenvalue weighted by Crippen LogP contribution is -2.32. The summed E-state index contributed by atoms with van der Waals surface area (Å²) in [5.74, 6) is 2.07. The monoisotopic (exact) mass is 219 g/mol. The quantitative estimate of drug-likeness (QED) is 0.710. The van der Waals surface area contributed by atoms with Crippen molar-refractivity contribution >= 4 is 18.4 Å². The van der Waals surface area contributed by atoms with E-state index in [2.05, 4.69) is 5.32 Å². The van der Waals surface area contributed by atoms with Crippen LogP contribution in [0.2, 0.25) is 0 Å². The normalized spacial score (nSPS) is 34.8. The van der Waals surface area contributed by atoms with Gasteiger partial charge in [0.1, 0.15) is 0 Å². The fourth-order valence-corrected chi connectivity index (χ4v) is 2.77. The molecule has 0 unspecified atom stereocenters. The molecule has 3 nitrogen and oxygen atoms in total. The third kappa shape index (κ3) is 2.39. The summed E-state index contributed by atoms with van der Waals surface area (Å²) >= 11 is 0. The maximum atomic E-state index is 11.1. The van der Waals surface area contributed by atoms with Crippen LogP contribution in [0.5, 0.6) is 0 Å². The maximum Gasteiger partial charge on any atom is 0.305 e. The van der Waals surface area contributed by atoms with Gasteiger partial charge in [-0.05, 0) is 43.7 Å². The van der Waals surface area contributed by atoms with Crippen molar-refractivity contribution in [1.29, 1.82) is 0 Å². The van der Waals surface area contributed by atoms with Gasteiger partial charge in [-0.25, -0.2) is 0 Å². The molecule has 0 aromatic rings. The van der Waals surface area contributed by atoms with Gasteiger partial charge in [-0.15, -0.1) is 12.4 Å². The molecule has 0 amide bonds. The zero-order valence-electron chi connectivity index (χ0n) is 8.49. The average Bonchev–Trinajstić information content (AvgIpc) is 2.42. The fraction of sp³-hybridized carbons (Fsp3) is 0.900. The Labute approximate surface area is 91.0 Å². The van der Waals surface area contributed by atoms with Crippen LogP contribution in [0.25, 0.3) is 0 Å². The first kappa shape index (κ1) is 11.8. The molecule has 1 saturated heterocycles. The average molecular weight is 220 g/mol. The molecule has 1 aliphatic heterocycles. The third-order valence-electron chi connectivity index (χ3n) is 3.43. The number of carbonyl (C=O) groups is 1. The molecule has 2 bridgehead atoms. The summed E-state index contributed by atoms with van der Waals surface area (Å²) in [6.45, 7) is 2.24. The van der Waals surface area contributed by atoms with Crippen molar-refractivity contribution in [3.63, 3.8) is 0 Å². The predicted octanol–water partition coefficient (Wildman–Crippen LogP) is 1.22. The SMILES string of the molecule is COC(=O)C[C@@H]1C[C@@H]2CNC[C@H]1C2.Cl. The first-order valence-corrected chi connectivity index (χ1v) is 5.07. The molecule has 1 N–H and O–H groups in total. The van der Waals surface area contributed by atoms with Gasteiger partial charge in [-0.2, -0.15) is 0 Å². The molecule has 1 heterocycles. The van der Waals surface area contributed by atoms with Crippen molar-refractivity contribution in [3.8, 4) is 0 Å². The van der Waals surface area contributed by atoms with E-state index in [0.717, 1.165) is 24.9 Å². The van der Waals surface area contributed by atoms with Crippen LogP contribution < -0.4 is 5.32 Å². The second-order valence-corrected chi connectivity index (χ2v) is 4.30. The molecule has 82 valence electrons. The van der Waals surface area contributed by atoms with Gasteiger partial charge in [0.25, 0.3) is 0 Å². The lowest BCUT2D eigenvalue weighted by Gasteiger charge is -2.21. The Bertz CT molecular complexity index is 210. The number of halogens is 1. The first-order chi connectivity index (χ1) is 6.29. The van der Waals surface area contributed by atoms with Crippen molar-refractivity contribution in [2.24, 2.45) is 17.8 Å². The number of hydrogen-bond acceptors (Lipinski definition) is 3. The number of carbonyl (C=O) groups excluding carboxylic acids is 1. The van der Waals surface area contributed by atoms with Gasteiger partial charge in [-0.1, -0.05) is 0 Å². The summed E-state index contributed by atoms with van der Waals surface area (Å²) < 4.78 is 4.70. The minimum Gasteiger partial charge on any atom is -0.469 e. The van der Waals surface area contributed by atoms with E-state index in [1.165, 1.54) is 20.0 Å². The van der Waals surface area contributed by atoms with Crippen LogP contribution in [0.4, 0.5) is 0 Å². The molecule has 2 aliphatic rings. The van der Waals surface area contributed by atoms with Crippen LogP contribution in [0.15, 0.2) is 0 Å². The molecule has 3 atom stereocenters. The van der Waals surface area contributed by atoms with Crippen molar-refractivity contribution in [3.05, 3.63) is 0 Å². The lowest BCUT2D eigenvalue weighted by molar-refractivity contribution is -0.142. The van der Waals surface area contributed by atoms with E-state index in [-0.39, 0.29) is 18.4 Å². The largest absolute Gasteiger partial charge is 0.469 e. The molecule has 0 spiro atoms. The molecule has 1 saturated carbocycles. The summed E-state index contributed by atoms with van der Waals surface area (Å²) in [6, 6.07) is 0. The Balaban J connectivity index is 0.000000980. The molecule has 2 fully saturated rings. The highest BCUT2D eigenvalue weighted by molar-refractivity contribution is 5.85. The number of rotatable bonds is 2. The van der Waals surface area contributed by atoms with Crippen LogP contribution in [0, 0.1) is 17.8 Å². The number of fused-ring (bicyclic) bond motifs is 2. The van der Waals surface area contributed by atoms with Crippen LogP contribution in [0.1, 0.15) is 19.3 Å². The minimum absolute atomic E-state index is 0. The highest BCUT2D eigenvalue weighted by Gasteiger charge is 2.37. The zero-order valence-corrected chi connectivity index (χ0v) is 9.31. The van der Waals surface area contributed by atoms with Gasteiger partial charge in [0.05, 0.1) is 7.11 Å². The van der Waals surface area contributed by atoms with Crippen LogP contribution in [-0.4, -0.2) is 26.2 Å². The molecular formula is C10H18ClNO2. The Morgan fingerprint density at radius 3 is 2.86 bits per heavy atom. The van der Waals surface area contributed by atoms with Gasteiger partial charge in [0, 0.05) is 6.42 Å². The number of nitrogens with one attached hydrogen (secondary N) is 1. The molecule has 1 aliphatic carbocycles. The molecular weight excluding hydrogens is 202 g/mol. The van der Waals surface area contributed by atoms with E-state index >= 15 is 0 Å². The Kier molecular flexibility index (Phi) is 4.20. The highest BCUT2D eigenvalue weighted by atomic mass is 35.5. The standard InChI is InChI=1S/C10H17NO2.ClH/c1-13-10(12)4-8-2-7-3-9(8)6-11-5-7;/h7-9,11H,2-6H2,1H3;1H/t7-,8-,9+;/m0./s1. The van der Waals surface area contributed by atoms with Crippen molar-refractivity contribution in [2.45, 2.75) is 19.3 Å². The summed E-state index contributed by atoms with van der Waals surface area (Å²) in [7, 11) is 1.47. The lowest BCUT2D eigenvalue weighted by atomic mass is 9.93. The molecule has 2 rings (SSSR count). The molecule has 14 heavy (non-hydrogen) atoms. The van der Waals surface area contributed by atoms with E-state index in [4.69, 9.17) is 4.74 Å². The second kappa shape index (κ2) is 4.99. The van der Waals surface area contributed by atoms with Crippen molar-refractivity contribution in [2.75, 3.05) is 20.2 Å². The highest BCUT2D eigenvalue weighted by Crippen LogP contribution is 2.40. The van der Waals surface area contributed by atoms with E-state index in [1.54, 1.807) is 0 Å². The molecule has 0 aromatic heterocycles. The van der Waals surface area contributed by atoms with Gasteiger partial charge in [0.15, 0.2) is 0 Å². The van der Waals surface area contributed by atoms with Crippen molar-refractivity contribution in [1.82, 2.24) is 5.32 Å². The van der Waals surface area contributed by atoms with Gasteiger partial charge in [-0.3, -0.25) is 4.79 Å². The van der Waals surface area contributed by atoms with E-state index in [9.17, 15) is 4.79 Å². The number of methoxy groups -OCH3 is 1. The number of ether oxygens (including phenoxy) is 1. The Hall–Kier alpha value is -0.280. The second-order valence-electron chi connectivity index (χ2n) is 4.30. The zero-order chi connectivity index (χ0) is 9.26. The number of esters is 1. The Morgan fingerprint density at radius 2 is 2.21 bits per heavy atom. The van der Waals surface area contributed by atoms with E-state index in [1.807, 2.05) is 0 Å². The third-order valence-corrected chi connectivity index (χ3v) is 3.43. The summed E-state index contributed by atoms with van der Waals surface area (Å²) in [6.07, 6.45) is 3.15. The fourth-order valence-electron chi connectivity index (χ4n) is 2.77. The summed E-state index contributed by atoms with van der Waals surface area (Å²) in [5, 5.41) is 3.42. The van der Waals surface area contributed by atoms with Gasteiger partial charge in [0.2, 0.25) is 0 Å². The molecule has 4 heteroatoms. The van der Waals surface area contributed by atoms with Crippen LogP contribution in [0.3, 0.4) is 0 Å². The smallest absolute Gasteiger partial charge is 0.305 e. The predicted molar refractivity (Wildman–Crippen MR) is 56.5 cm³/mol. The van der Waals surface area contributed by atoms with Crippen molar-refractivity contribution < 1.29 is 9.53 Å². The molecule has 0 radical (unpaired) electrons. The van der Waals surface area contributed by atoms with Gasteiger partial charge < -0.3 is 10.1 Å². The number of piperidine rings is 1. The van der Waals surface area contributed by atoms with E-state index in [0.29, 0.717) is 12.3 Å². The van der Waals surface area contributed by atoms with Crippen LogP contribution in [-0.2, 0) is 9.53 Å².